The van der Waals surface area contributed by atoms with Gasteiger partial charge in [0.25, 0.3) is 0 Å². The van der Waals surface area contributed by atoms with Gasteiger partial charge in [0.15, 0.2) is 0 Å². The van der Waals surface area contributed by atoms with Crippen molar-refractivity contribution in [3.8, 4) is 0 Å². The third-order valence-electron chi connectivity index (χ3n) is 2.65. The number of rotatable bonds is 4. The van der Waals surface area contributed by atoms with Gasteiger partial charge in [0.05, 0.1) is 12.2 Å². The van der Waals surface area contributed by atoms with Gasteiger partial charge in [-0.1, -0.05) is 6.92 Å². The van der Waals surface area contributed by atoms with Crippen LogP contribution < -0.4 is 5.73 Å². The van der Waals surface area contributed by atoms with Gasteiger partial charge in [-0.05, 0) is 30.4 Å². The number of aromatic nitrogens is 2. The predicted octanol–water partition coefficient (Wildman–Crippen LogP) is 2.71. The Bertz CT molecular complexity index is 458. The first-order chi connectivity index (χ1) is 7.72. The molecule has 0 saturated carbocycles. The molecule has 3 nitrogen and oxygen atoms in total. The van der Waals surface area contributed by atoms with Crippen LogP contribution in [0.3, 0.4) is 0 Å². The number of nitrogens with zero attached hydrogens (tertiary/aromatic N) is 2. The van der Waals surface area contributed by atoms with Crippen LogP contribution in [0.2, 0.25) is 0 Å². The highest BCUT2D eigenvalue weighted by molar-refractivity contribution is 7.10. The quantitative estimate of drug-likeness (QED) is 0.885. The summed E-state index contributed by atoms with van der Waals surface area (Å²) < 4.78 is 1.96. The van der Waals surface area contributed by atoms with Crippen molar-refractivity contribution in [3.05, 3.63) is 39.8 Å². The van der Waals surface area contributed by atoms with Crippen molar-refractivity contribution < 1.29 is 0 Å². The van der Waals surface area contributed by atoms with Crippen LogP contribution in [0.25, 0.3) is 0 Å². The Hall–Kier alpha value is -1.13. The zero-order chi connectivity index (χ0) is 11.5. The minimum atomic E-state index is -0.0365. The van der Waals surface area contributed by atoms with Gasteiger partial charge in [-0.25, -0.2) is 0 Å². The van der Waals surface area contributed by atoms with E-state index in [2.05, 4.69) is 30.4 Å². The Morgan fingerprint density at radius 1 is 1.56 bits per heavy atom. The second-order valence-corrected chi connectivity index (χ2v) is 4.93. The summed E-state index contributed by atoms with van der Waals surface area (Å²) in [4.78, 5) is 1.23. The zero-order valence-electron chi connectivity index (χ0n) is 9.68. The van der Waals surface area contributed by atoms with E-state index in [-0.39, 0.29) is 6.04 Å². The summed E-state index contributed by atoms with van der Waals surface area (Å²) in [6, 6.07) is 2.07. The molecule has 2 N–H and O–H groups in total. The molecule has 0 aromatic carbocycles. The molecular formula is C12H17N3S. The van der Waals surface area contributed by atoms with E-state index >= 15 is 0 Å². The number of thiophene rings is 1. The van der Waals surface area contributed by atoms with Crippen LogP contribution in [-0.2, 0) is 6.54 Å². The highest BCUT2D eigenvalue weighted by Gasteiger charge is 2.14. The van der Waals surface area contributed by atoms with E-state index in [0.29, 0.717) is 0 Å². The second-order valence-electron chi connectivity index (χ2n) is 3.98. The third-order valence-corrected chi connectivity index (χ3v) is 3.75. The molecule has 2 heterocycles. The van der Waals surface area contributed by atoms with Gasteiger partial charge in [-0.3, -0.25) is 4.68 Å². The molecule has 16 heavy (non-hydrogen) atoms. The van der Waals surface area contributed by atoms with E-state index in [1.165, 1.54) is 10.4 Å². The summed E-state index contributed by atoms with van der Waals surface area (Å²) in [6.07, 6.45) is 5.02. The molecular weight excluding hydrogens is 218 g/mol. The fourth-order valence-corrected chi connectivity index (χ4v) is 2.70. The highest BCUT2D eigenvalue weighted by atomic mass is 32.1. The van der Waals surface area contributed by atoms with Gasteiger partial charge >= 0.3 is 0 Å². The topological polar surface area (TPSA) is 43.8 Å². The van der Waals surface area contributed by atoms with Crippen molar-refractivity contribution in [2.75, 3.05) is 0 Å². The van der Waals surface area contributed by atoms with E-state index in [9.17, 15) is 0 Å². The molecule has 86 valence electrons. The largest absolute Gasteiger partial charge is 0.320 e. The summed E-state index contributed by atoms with van der Waals surface area (Å²) in [7, 11) is 0. The van der Waals surface area contributed by atoms with Crippen molar-refractivity contribution in [1.82, 2.24) is 9.78 Å². The third kappa shape index (κ3) is 2.18. The zero-order valence-corrected chi connectivity index (χ0v) is 10.5. The number of nitrogens with two attached hydrogens (primary N) is 1. The van der Waals surface area contributed by atoms with Gasteiger partial charge in [0.1, 0.15) is 0 Å². The Morgan fingerprint density at radius 2 is 2.38 bits per heavy atom. The maximum atomic E-state index is 6.23. The van der Waals surface area contributed by atoms with Crippen LogP contribution in [-0.4, -0.2) is 9.78 Å². The van der Waals surface area contributed by atoms with E-state index < -0.39 is 0 Å². The normalized spacial score (nSPS) is 12.9. The molecule has 2 aromatic rings. The number of hydrogen-bond acceptors (Lipinski definition) is 3. The lowest BCUT2D eigenvalue weighted by atomic mass is 10.1. The van der Waals surface area contributed by atoms with E-state index in [1.807, 2.05) is 17.1 Å². The molecule has 0 spiro atoms. The molecule has 0 saturated heterocycles. The molecule has 0 aliphatic rings. The maximum Gasteiger partial charge on any atom is 0.0679 e. The molecule has 1 atom stereocenters. The molecule has 0 aliphatic carbocycles. The van der Waals surface area contributed by atoms with Crippen molar-refractivity contribution in [2.45, 2.75) is 32.9 Å². The lowest BCUT2D eigenvalue weighted by Crippen LogP contribution is -2.10. The van der Waals surface area contributed by atoms with Crippen LogP contribution in [0.1, 0.15) is 35.4 Å². The van der Waals surface area contributed by atoms with Gasteiger partial charge < -0.3 is 5.73 Å². The van der Waals surface area contributed by atoms with Crippen LogP contribution in [0, 0.1) is 6.92 Å². The Labute approximate surface area is 99.9 Å². The van der Waals surface area contributed by atoms with Crippen LogP contribution >= 0.6 is 11.3 Å². The SMILES string of the molecule is CCCn1cc(C(N)c2sccc2C)cn1. The standard InChI is InChI=1S/C12H17N3S/c1-3-5-15-8-10(7-14-15)11(13)12-9(2)4-6-16-12/h4,6-8,11H,3,5,13H2,1-2H3. The minimum Gasteiger partial charge on any atom is -0.320 e. The number of hydrogen-bond donors (Lipinski definition) is 1. The van der Waals surface area contributed by atoms with E-state index in [1.54, 1.807) is 11.3 Å². The first-order valence-corrected chi connectivity index (χ1v) is 6.42. The lowest BCUT2D eigenvalue weighted by Gasteiger charge is -2.08. The summed E-state index contributed by atoms with van der Waals surface area (Å²) in [5.41, 5.74) is 8.59. The molecule has 0 radical (unpaired) electrons. The molecule has 0 bridgehead atoms. The van der Waals surface area contributed by atoms with Gasteiger partial charge in [-0.2, -0.15) is 5.10 Å². The predicted molar refractivity (Wildman–Crippen MR) is 67.6 cm³/mol. The monoisotopic (exact) mass is 235 g/mol. The van der Waals surface area contributed by atoms with Gasteiger partial charge in [-0.15, -0.1) is 11.3 Å². The fourth-order valence-electron chi connectivity index (χ4n) is 1.75. The fraction of sp³-hybridized carbons (Fsp3) is 0.417. The smallest absolute Gasteiger partial charge is 0.0679 e. The number of aryl methyl sites for hydroxylation is 2. The minimum absolute atomic E-state index is 0.0365. The molecule has 2 aromatic heterocycles. The first-order valence-electron chi connectivity index (χ1n) is 5.54. The van der Waals surface area contributed by atoms with Gasteiger partial charge in [0, 0.05) is 23.2 Å². The van der Waals surface area contributed by atoms with Crippen molar-refractivity contribution in [2.24, 2.45) is 5.73 Å². The lowest BCUT2D eigenvalue weighted by molar-refractivity contribution is 0.602. The van der Waals surface area contributed by atoms with Crippen molar-refractivity contribution in [3.63, 3.8) is 0 Å². The maximum absolute atomic E-state index is 6.23. The van der Waals surface area contributed by atoms with Gasteiger partial charge in [0.2, 0.25) is 0 Å². The molecule has 0 fully saturated rings. The Balaban J connectivity index is 2.20. The van der Waals surface area contributed by atoms with E-state index in [4.69, 9.17) is 5.73 Å². The summed E-state index contributed by atoms with van der Waals surface area (Å²) >= 11 is 1.71. The van der Waals surface area contributed by atoms with E-state index in [0.717, 1.165) is 18.5 Å². The summed E-state index contributed by atoms with van der Waals surface area (Å²) in [5.74, 6) is 0. The van der Waals surface area contributed by atoms with Crippen molar-refractivity contribution in [1.29, 1.82) is 0 Å². The Morgan fingerprint density at radius 3 is 3.00 bits per heavy atom. The second kappa shape index (κ2) is 4.80. The van der Waals surface area contributed by atoms with Crippen LogP contribution in [0.4, 0.5) is 0 Å². The molecule has 4 heteroatoms. The van der Waals surface area contributed by atoms with Crippen LogP contribution in [0.15, 0.2) is 23.8 Å². The molecule has 2 rings (SSSR count). The highest BCUT2D eigenvalue weighted by Crippen LogP contribution is 2.26. The summed E-state index contributed by atoms with van der Waals surface area (Å²) in [5, 5.41) is 6.39. The molecule has 1 unspecified atom stereocenters. The average Bonchev–Trinajstić information content (AvgIpc) is 2.87. The van der Waals surface area contributed by atoms with Crippen LogP contribution in [0.5, 0.6) is 0 Å². The van der Waals surface area contributed by atoms with Crippen molar-refractivity contribution >= 4 is 11.3 Å². The summed E-state index contributed by atoms with van der Waals surface area (Å²) in [6.45, 7) is 5.20. The molecule has 0 amide bonds. The molecule has 0 aliphatic heterocycles. The average molecular weight is 235 g/mol. The first kappa shape index (κ1) is 11.4. The Kier molecular flexibility index (Phi) is 3.41.